The lowest BCUT2D eigenvalue weighted by Gasteiger charge is -2.27. The largest absolute Gasteiger partial charge is 0.508 e. The second kappa shape index (κ2) is 11.9. The van der Waals surface area contributed by atoms with Crippen LogP contribution in [0.5, 0.6) is 5.75 Å². The number of nitrogens with two attached hydrogens (primary N) is 2. The van der Waals surface area contributed by atoms with E-state index in [-0.39, 0.29) is 12.1 Å². The first-order valence-corrected chi connectivity index (χ1v) is 13.5. The van der Waals surface area contributed by atoms with Gasteiger partial charge in [-0.25, -0.2) is 0 Å². The second-order valence-corrected chi connectivity index (χ2v) is 10.4. The summed E-state index contributed by atoms with van der Waals surface area (Å²) in [6, 6.07) is 36.2. The third-order valence-electron chi connectivity index (χ3n) is 7.44. The highest BCUT2D eigenvalue weighted by atomic mass is 16.3. The SMILES string of the molecule is CC(N)CN1Cc2ccccc2C1c1ccccc1.NCCN1Cc2ccccc2C1c1ccc(O)cc1. The highest BCUT2D eigenvalue weighted by Crippen LogP contribution is 2.39. The van der Waals surface area contributed by atoms with Crippen LogP contribution < -0.4 is 11.5 Å². The molecule has 2 heterocycles. The van der Waals surface area contributed by atoms with Crippen molar-refractivity contribution in [3.8, 4) is 5.75 Å². The van der Waals surface area contributed by atoms with Crippen molar-refractivity contribution in [3.05, 3.63) is 137 Å². The van der Waals surface area contributed by atoms with Gasteiger partial charge in [-0.1, -0.05) is 91.0 Å². The minimum absolute atomic E-state index is 0.195. The predicted octanol–water partition coefficient (Wildman–Crippen LogP) is 5.19. The third kappa shape index (κ3) is 5.66. The Morgan fingerprint density at radius 3 is 1.79 bits per heavy atom. The molecular weight excluding hydrogens is 468 g/mol. The first-order chi connectivity index (χ1) is 18.5. The molecule has 0 amide bonds. The quantitative estimate of drug-likeness (QED) is 0.335. The number of benzene rings is 4. The molecule has 3 atom stereocenters. The van der Waals surface area contributed by atoms with Gasteiger partial charge in [-0.2, -0.15) is 0 Å². The van der Waals surface area contributed by atoms with Crippen LogP contribution in [0.1, 0.15) is 52.4 Å². The van der Waals surface area contributed by atoms with Crippen LogP contribution in [-0.4, -0.2) is 40.6 Å². The first kappa shape index (κ1) is 26.1. The second-order valence-electron chi connectivity index (χ2n) is 10.4. The van der Waals surface area contributed by atoms with Crippen molar-refractivity contribution in [2.45, 2.75) is 38.1 Å². The molecule has 4 aromatic carbocycles. The lowest BCUT2D eigenvalue weighted by molar-refractivity contribution is 0.232. The highest BCUT2D eigenvalue weighted by molar-refractivity contribution is 5.43. The lowest BCUT2D eigenvalue weighted by atomic mass is 9.98. The molecule has 6 rings (SSSR count). The van der Waals surface area contributed by atoms with Gasteiger partial charge in [0.15, 0.2) is 0 Å². The highest BCUT2D eigenvalue weighted by Gasteiger charge is 2.31. The maximum Gasteiger partial charge on any atom is 0.115 e. The summed E-state index contributed by atoms with van der Waals surface area (Å²) in [5.41, 5.74) is 19.9. The minimum Gasteiger partial charge on any atom is -0.508 e. The van der Waals surface area contributed by atoms with Crippen LogP contribution in [0.3, 0.4) is 0 Å². The molecule has 38 heavy (non-hydrogen) atoms. The molecule has 0 bridgehead atoms. The number of hydrogen-bond donors (Lipinski definition) is 3. The summed E-state index contributed by atoms with van der Waals surface area (Å²) in [6.45, 7) is 6.47. The number of aromatic hydroxyl groups is 1. The topological polar surface area (TPSA) is 78.8 Å². The fraction of sp³-hybridized carbons (Fsp3) is 0.273. The van der Waals surface area contributed by atoms with Gasteiger partial charge in [0.1, 0.15) is 5.75 Å². The van der Waals surface area contributed by atoms with E-state index >= 15 is 0 Å². The molecule has 5 nitrogen and oxygen atoms in total. The Hall–Kier alpha value is -3.48. The molecule has 2 aliphatic rings. The van der Waals surface area contributed by atoms with Crippen LogP contribution in [0.4, 0.5) is 0 Å². The van der Waals surface area contributed by atoms with Crippen molar-refractivity contribution >= 4 is 0 Å². The summed E-state index contributed by atoms with van der Waals surface area (Å²) in [7, 11) is 0. The molecule has 0 spiro atoms. The van der Waals surface area contributed by atoms with Crippen molar-refractivity contribution in [2.75, 3.05) is 19.6 Å². The molecule has 2 aliphatic heterocycles. The van der Waals surface area contributed by atoms with E-state index in [1.807, 2.05) is 12.1 Å². The predicted molar refractivity (Wildman–Crippen MR) is 155 cm³/mol. The van der Waals surface area contributed by atoms with E-state index < -0.39 is 0 Å². The van der Waals surface area contributed by atoms with Crippen LogP contribution in [-0.2, 0) is 13.1 Å². The lowest BCUT2D eigenvalue weighted by Crippen LogP contribution is -2.34. The Morgan fingerprint density at radius 1 is 0.711 bits per heavy atom. The fourth-order valence-electron chi connectivity index (χ4n) is 5.89. The van der Waals surface area contributed by atoms with Gasteiger partial charge in [-0.15, -0.1) is 0 Å². The summed E-state index contributed by atoms with van der Waals surface area (Å²) >= 11 is 0. The maximum atomic E-state index is 9.43. The molecule has 0 radical (unpaired) electrons. The number of fused-ring (bicyclic) bond motifs is 2. The summed E-state index contributed by atoms with van der Waals surface area (Å²) < 4.78 is 0. The van der Waals surface area contributed by atoms with Gasteiger partial charge in [0.25, 0.3) is 0 Å². The monoisotopic (exact) mass is 506 g/mol. The Bertz CT molecular complexity index is 1310. The summed E-state index contributed by atoms with van der Waals surface area (Å²) in [6.07, 6.45) is 0. The molecule has 3 unspecified atom stereocenters. The molecule has 4 aromatic rings. The molecular formula is C33H38N4O. The van der Waals surface area contributed by atoms with Gasteiger partial charge in [-0.3, -0.25) is 9.80 Å². The Labute approximate surface area is 226 Å². The molecule has 0 saturated heterocycles. The van der Waals surface area contributed by atoms with Gasteiger partial charge >= 0.3 is 0 Å². The molecule has 0 saturated carbocycles. The fourth-order valence-corrected chi connectivity index (χ4v) is 5.89. The maximum absolute atomic E-state index is 9.43. The molecule has 5 heteroatoms. The van der Waals surface area contributed by atoms with Gasteiger partial charge in [0.2, 0.25) is 0 Å². The first-order valence-electron chi connectivity index (χ1n) is 13.5. The smallest absolute Gasteiger partial charge is 0.115 e. The van der Waals surface area contributed by atoms with Crippen molar-refractivity contribution < 1.29 is 5.11 Å². The summed E-state index contributed by atoms with van der Waals surface area (Å²) in [4.78, 5) is 4.86. The van der Waals surface area contributed by atoms with Gasteiger partial charge < -0.3 is 16.6 Å². The Morgan fingerprint density at radius 2 is 1.21 bits per heavy atom. The van der Waals surface area contributed by atoms with E-state index in [9.17, 15) is 5.11 Å². The molecule has 196 valence electrons. The van der Waals surface area contributed by atoms with Crippen molar-refractivity contribution in [1.82, 2.24) is 9.80 Å². The molecule has 5 N–H and O–H groups in total. The number of hydrogen-bond acceptors (Lipinski definition) is 5. The van der Waals surface area contributed by atoms with E-state index in [2.05, 4.69) is 95.6 Å². The van der Waals surface area contributed by atoms with E-state index in [4.69, 9.17) is 11.5 Å². The Kier molecular flexibility index (Phi) is 8.20. The zero-order chi connectivity index (χ0) is 26.5. The average molecular weight is 507 g/mol. The zero-order valence-electron chi connectivity index (χ0n) is 22.1. The standard InChI is InChI=1S/C17H20N2.C16H18N2O/c1-13(18)11-19-12-15-9-5-6-10-16(15)17(19)14-7-3-2-4-8-14;17-9-10-18-11-13-3-1-2-4-15(13)16(18)12-5-7-14(19)8-6-12/h2-10,13,17H,11-12,18H2,1H3;1-8,16,19H,9-11,17H2. The average Bonchev–Trinajstić information content (AvgIpc) is 3.47. The van der Waals surface area contributed by atoms with Crippen LogP contribution in [0, 0.1) is 0 Å². The van der Waals surface area contributed by atoms with Gasteiger partial charge in [0.05, 0.1) is 12.1 Å². The van der Waals surface area contributed by atoms with Crippen molar-refractivity contribution in [2.24, 2.45) is 11.5 Å². The van der Waals surface area contributed by atoms with Crippen LogP contribution in [0.2, 0.25) is 0 Å². The van der Waals surface area contributed by atoms with Gasteiger partial charge in [-0.05, 0) is 52.4 Å². The third-order valence-corrected chi connectivity index (χ3v) is 7.44. The molecule has 0 aliphatic carbocycles. The summed E-state index contributed by atoms with van der Waals surface area (Å²) in [5.74, 6) is 0.306. The van der Waals surface area contributed by atoms with Crippen LogP contribution in [0.25, 0.3) is 0 Å². The Balaban J connectivity index is 0.000000155. The summed E-state index contributed by atoms with van der Waals surface area (Å²) in [5, 5.41) is 9.43. The van der Waals surface area contributed by atoms with Crippen LogP contribution in [0.15, 0.2) is 103 Å². The number of rotatable bonds is 6. The van der Waals surface area contributed by atoms with Crippen LogP contribution >= 0.6 is 0 Å². The number of phenolic OH excluding ortho intramolecular Hbond substituents is 1. The normalized spacial score (nSPS) is 19.3. The zero-order valence-corrected chi connectivity index (χ0v) is 22.1. The molecule has 0 aromatic heterocycles. The van der Waals surface area contributed by atoms with E-state index in [1.165, 1.54) is 33.4 Å². The van der Waals surface area contributed by atoms with Crippen molar-refractivity contribution in [3.63, 3.8) is 0 Å². The van der Waals surface area contributed by atoms with E-state index in [0.717, 1.165) is 26.2 Å². The van der Waals surface area contributed by atoms with Gasteiger partial charge in [0, 0.05) is 38.8 Å². The molecule has 0 fully saturated rings. The number of nitrogens with zero attached hydrogens (tertiary/aromatic N) is 2. The number of phenols is 1. The van der Waals surface area contributed by atoms with Crippen molar-refractivity contribution in [1.29, 1.82) is 0 Å². The minimum atomic E-state index is 0.195. The van der Waals surface area contributed by atoms with E-state index in [1.54, 1.807) is 12.1 Å². The van der Waals surface area contributed by atoms with E-state index in [0.29, 0.717) is 18.3 Å².